The number of nitrogens with one attached hydrogen (secondary N) is 2. The van der Waals surface area contributed by atoms with Gasteiger partial charge in [-0.3, -0.25) is 14.6 Å². The number of benzene rings is 1. The first-order valence-electron chi connectivity index (χ1n) is 7.82. The van der Waals surface area contributed by atoms with Gasteiger partial charge in [0.1, 0.15) is 0 Å². The molecule has 0 atom stereocenters. The topological polar surface area (TPSA) is 97.1 Å². The Hall–Kier alpha value is -3.19. The molecule has 0 saturated carbocycles. The maximum absolute atomic E-state index is 12.1. The summed E-state index contributed by atoms with van der Waals surface area (Å²) in [4.78, 5) is 28.0. The van der Waals surface area contributed by atoms with Crippen molar-refractivity contribution in [2.24, 2.45) is 0 Å². The van der Waals surface area contributed by atoms with Gasteiger partial charge >= 0.3 is 0 Å². The number of amides is 2. The molecular formula is C18H15ClN4O3. The lowest BCUT2D eigenvalue weighted by atomic mass is 10.2. The molecule has 2 amide bonds. The fourth-order valence-electron chi connectivity index (χ4n) is 2.17. The van der Waals surface area contributed by atoms with Crippen molar-refractivity contribution in [3.63, 3.8) is 0 Å². The average molecular weight is 371 g/mol. The first kappa shape index (κ1) is 17.6. The zero-order valence-electron chi connectivity index (χ0n) is 13.6. The fourth-order valence-corrected chi connectivity index (χ4v) is 2.30. The van der Waals surface area contributed by atoms with Crippen molar-refractivity contribution >= 4 is 23.4 Å². The zero-order valence-corrected chi connectivity index (χ0v) is 14.4. The van der Waals surface area contributed by atoms with Gasteiger partial charge in [0.05, 0.1) is 0 Å². The quantitative estimate of drug-likeness (QED) is 0.650. The van der Waals surface area contributed by atoms with Gasteiger partial charge in [-0.25, -0.2) is 0 Å². The third kappa shape index (κ3) is 4.46. The van der Waals surface area contributed by atoms with Crippen LogP contribution in [0.3, 0.4) is 0 Å². The molecule has 3 rings (SSSR count). The fraction of sp³-hybridized carbons (Fsp3) is 0.111. The minimum absolute atomic E-state index is 0.160. The summed E-state index contributed by atoms with van der Waals surface area (Å²) in [7, 11) is 0. The Morgan fingerprint density at radius 3 is 2.46 bits per heavy atom. The predicted octanol–water partition coefficient (Wildman–Crippen LogP) is 2.55. The van der Waals surface area contributed by atoms with Gasteiger partial charge in [-0.1, -0.05) is 16.8 Å². The molecule has 1 aromatic carbocycles. The van der Waals surface area contributed by atoms with E-state index in [0.29, 0.717) is 16.3 Å². The Bertz CT molecular complexity index is 894. The van der Waals surface area contributed by atoms with Gasteiger partial charge in [-0.2, -0.15) is 0 Å². The second-order valence-electron chi connectivity index (χ2n) is 5.34. The molecule has 0 unspecified atom stereocenters. The van der Waals surface area contributed by atoms with Gasteiger partial charge < -0.3 is 15.2 Å². The molecule has 8 heteroatoms. The summed E-state index contributed by atoms with van der Waals surface area (Å²) in [6.45, 7) is 0.535. The maximum atomic E-state index is 12.1. The number of halogens is 1. The third-order valence-corrected chi connectivity index (χ3v) is 3.74. The smallest absolute Gasteiger partial charge is 0.273 e. The van der Waals surface area contributed by atoms with E-state index < -0.39 is 0 Å². The van der Waals surface area contributed by atoms with E-state index in [1.165, 1.54) is 0 Å². The Balaban J connectivity index is 1.46. The molecule has 0 spiro atoms. The number of hydrogen-bond donors (Lipinski definition) is 2. The van der Waals surface area contributed by atoms with E-state index in [-0.39, 0.29) is 30.6 Å². The van der Waals surface area contributed by atoms with Crippen molar-refractivity contribution in [2.45, 2.75) is 0 Å². The summed E-state index contributed by atoms with van der Waals surface area (Å²) in [5.74, 6) is -0.167. The van der Waals surface area contributed by atoms with E-state index in [9.17, 15) is 9.59 Å². The molecule has 2 heterocycles. The van der Waals surface area contributed by atoms with Crippen LogP contribution in [0.1, 0.15) is 20.8 Å². The van der Waals surface area contributed by atoms with Crippen LogP contribution in [0.25, 0.3) is 11.3 Å². The van der Waals surface area contributed by atoms with Gasteiger partial charge in [0.25, 0.3) is 11.8 Å². The van der Waals surface area contributed by atoms with Crippen LogP contribution < -0.4 is 10.6 Å². The van der Waals surface area contributed by atoms with Crippen LogP contribution >= 0.6 is 11.6 Å². The molecule has 7 nitrogen and oxygen atoms in total. The molecule has 0 aliphatic heterocycles. The van der Waals surface area contributed by atoms with Crippen LogP contribution in [0.2, 0.25) is 5.02 Å². The number of hydrogen-bond acceptors (Lipinski definition) is 5. The van der Waals surface area contributed by atoms with E-state index in [4.69, 9.17) is 16.1 Å². The van der Waals surface area contributed by atoms with Crippen LogP contribution in [0.4, 0.5) is 0 Å². The Morgan fingerprint density at radius 2 is 1.77 bits per heavy atom. The largest absolute Gasteiger partial charge is 0.355 e. The van der Waals surface area contributed by atoms with Crippen molar-refractivity contribution in [3.8, 4) is 11.3 Å². The lowest BCUT2D eigenvalue weighted by Crippen LogP contribution is -2.34. The maximum Gasteiger partial charge on any atom is 0.273 e. The predicted molar refractivity (Wildman–Crippen MR) is 95.9 cm³/mol. The lowest BCUT2D eigenvalue weighted by Gasteiger charge is -2.06. The standard InChI is InChI=1S/C18H15ClN4O3/c19-14-5-3-12(4-6-14)17(24)21-8-9-22-18(25)15-10-16(26-23-15)13-2-1-7-20-11-13/h1-7,10-11H,8-9H2,(H,21,24)(H,22,25). The van der Waals surface area contributed by atoms with E-state index in [1.54, 1.807) is 48.8 Å². The summed E-state index contributed by atoms with van der Waals surface area (Å²) in [6, 6.07) is 11.7. The van der Waals surface area contributed by atoms with Crippen molar-refractivity contribution in [1.29, 1.82) is 0 Å². The highest BCUT2D eigenvalue weighted by atomic mass is 35.5. The second-order valence-corrected chi connectivity index (χ2v) is 5.77. The van der Waals surface area contributed by atoms with Crippen molar-refractivity contribution in [3.05, 3.63) is 71.1 Å². The zero-order chi connectivity index (χ0) is 18.4. The van der Waals surface area contributed by atoms with E-state index in [2.05, 4.69) is 20.8 Å². The normalized spacial score (nSPS) is 10.3. The molecule has 0 aliphatic carbocycles. The van der Waals surface area contributed by atoms with Gasteiger partial charge in [-0.05, 0) is 36.4 Å². The molecule has 0 radical (unpaired) electrons. The number of carbonyl (C=O) groups is 2. The minimum Gasteiger partial charge on any atom is -0.355 e. The monoisotopic (exact) mass is 370 g/mol. The minimum atomic E-state index is -0.385. The Labute approximate surface area is 154 Å². The number of pyridine rings is 1. The molecule has 0 saturated heterocycles. The number of carbonyl (C=O) groups excluding carboxylic acids is 2. The number of rotatable bonds is 6. The molecule has 2 N–H and O–H groups in total. The van der Waals surface area contributed by atoms with Gasteiger partial charge in [-0.15, -0.1) is 0 Å². The first-order valence-corrected chi connectivity index (χ1v) is 8.20. The summed E-state index contributed by atoms with van der Waals surface area (Å²) in [6.07, 6.45) is 3.26. The Kier molecular flexibility index (Phi) is 5.60. The van der Waals surface area contributed by atoms with Crippen LogP contribution in [0.15, 0.2) is 59.4 Å². The lowest BCUT2D eigenvalue weighted by molar-refractivity contribution is 0.0922. The van der Waals surface area contributed by atoms with E-state index in [0.717, 1.165) is 5.56 Å². The summed E-state index contributed by atoms with van der Waals surface area (Å²) in [5.41, 5.74) is 1.39. The molecule has 2 aromatic heterocycles. The highest BCUT2D eigenvalue weighted by Gasteiger charge is 2.13. The average Bonchev–Trinajstić information content (AvgIpc) is 3.16. The molecule has 132 valence electrons. The summed E-state index contributed by atoms with van der Waals surface area (Å²) < 4.78 is 5.15. The molecule has 0 fully saturated rings. The molecule has 26 heavy (non-hydrogen) atoms. The van der Waals surface area contributed by atoms with Crippen molar-refractivity contribution in [1.82, 2.24) is 20.8 Å². The van der Waals surface area contributed by atoms with Gasteiger partial charge in [0, 0.05) is 47.7 Å². The van der Waals surface area contributed by atoms with Crippen LogP contribution in [0, 0.1) is 0 Å². The van der Waals surface area contributed by atoms with Crippen LogP contribution in [-0.4, -0.2) is 35.0 Å². The van der Waals surface area contributed by atoms with Crippen LogP contribution in [0.5, 0.6) is 0 Å². The molecule has 0 bridgehead atoms. The number of nitrogens with zero attached hydrogens (tertiary/aromatic N) is 2. The number of aromatic nitrogens is 2. The van der Waals surface area contributed by atoms with Crippen molar-refractivity contribution in [2.75, 3.05) is 13.1 Å². The summed E-state index contributed by atoms with van der Waals surface area (Å²) in [5, 5.41) is 9.68. The third-order valence-electron chi connectivity index (χ3n) is 3.49. The molecular weight excluding hydrogens is 356 g/mol. The highest BCUT2D eigenvalue weighted by Crippen LogP contribution is 2.18. The van der Waals surface area contributed by atoms with Crippen molar-refractivity contribution < 1.29 is 14.1 Å². The second kappa shape index (κ2) is 8.26. The SMILES string of the molecule is O=C(NCCNC(=O)c1cc(-c2cccnc2)on1)c1ccc(Cl)cc1. The first-order chi connectivity index (χ1) is 12.6. The molecule has 3 aromatic rings. The Morgan fingerprint density at radius 1 is 1.04 bits per heavy atom. The van der Waals surface area contributed by atoms with E-state index >= 15 is 0 Å². The molecule has 0 aliphatic rings. The van der Waals surface area contributed by atoms with E-state index in [1.807, 2.05) is 6.07 Å². The van der Waals surface area contributed by atoms with Gasteiger partial charge in [0.2, 0.25) is 0 Å². The highest BCUT2D eigenvalue weighted by molar-refractivity contribution is 6.30. The van der Waals surface area contributed by atoms with Crippen LogP contribution in [-0.2, 0) is 0 Å². The summed E-state index contributed by atoms with van der Waals surface area (Å²) >= 11 is 5.78. The van der Waals surface area contributed by atoms with Gasteiger partial charge in [0.15, 0.2) is 11.5 Å².